The Balaban J connectivity index is 2.74. The van der Waals surface area contributed by atoms with Gasteiger partial charge in [0.15, 0.2) is 0 Å². The standard InChI is InChI=1S/C12H9NO3/c1-16-12(15)11(14)7-6-9-2-4-10(8-13)5-3-9/h2-7H,1H3/b7-6+. The first-order valence-corrected chi connectivity index (χ1v) is 4.48. The SMILES string of the molecule is COC(=O)C(=O)/C=C/c1ccc(C#N)cc1. The number of esters is 1. The van der Waals surface area contributed by atoms with Crippen molar-refractivity contribution in [2.75, 3.05) is 7.11 Å². The molecule has 0 heterocycles. The van der Waals surface area contributed by atoms with Crippen LogP contribution in [0.2, 0.25) is 0 Å². The van der Waals surface area contributed by atoms with E-state index in [9.17, 15) is 9.59 Å². The van der Waals surface area contributed by atoms with Crippen LogP contribution in [0.15, 0.2) is 30.3 Å². The number of ether oxygens (including phenoxy) is 1. The summed E-state index contributed by atoms with van der Waals surface area (Å²) in [6, 6.07) is 8.60. The van der Waals surface area contributed by atoms with E-state index in [0.717, 1.165) is 18.7 Å². The second kappa shape index (κ2) is 5.47. The van der Waals surface area contributed by atoms with Crippen LogP contribution in [0.3, 0.4) is 0 Å². The molecule has 1 aromatic carbocycles. The van der Waals surface area contributed by atoms with Crippen molar-refractivity contribution in [3.63, 3.8) is 0 Å². The maximum absolute atomic E-state index is 11.1. The molecule has 4 nitrogen and oxygen atoms in total. The fourth-order valence-corrected chi connectivity index (χ4v) is 1.01. The molecule has 80 valence electrons. The van der Waals surface area contributed by atoms with Crippen LogP contribution >= 0.6 is 0 Å². The fourth-order valence-electron chi connectivity index (χ4n) is 1.01. The van der Waals surface area contributed by atoms with E-state index in [4.69, 9.17) is 5.26 Å². The molecule has 16 heavy (non-hydrogen) atoms. The first-order valence-electron chi connectivity index (χ1n) is 4.48. The summed E-state index contributed by atoms with van der Waals surface area (Å²) in [5.74, 6) is -1.61. The Kier molecular flexibility index (Phi) is 3.98. The zero-order valence-electron chi connectivity index (χ0n) is 8.64. The molecular weight excluding hydrogens is 206 g/mol. The van der Waals surface area contributed by atoms with Crippen LogP contribution in [0.5, 0.6) is 0 Å². The molecule has 0 atom stereocenters. The Morgan fingerprint density at radius 1 is 1.31 bits per heavy atom. The molecule has 4 heteroatoms. The number of carbonyl (C=O) groups excluding carboxylic acids is 2. The molecule has 1 rings (SSSR count). The Hall–Kier alpha value is -2.41. The zero-order chi connectivity index (χ0) is 12.0. The molecule has 0 unspecified atom stereocenters. The number of carbonyl (C=O) groups is 2. The van der Waals surface area contributed by atoms with Crippen LogP contribution in [0.1, 0.15) is 11.1 Å². The van der Waals surface area contributed by atoms with E-state index in [1.807, 2.05) is 6.07 Å². The first kappa shape index (κ1) is 11.7. The third kappa shape index (κ3) is 3.07. The van der Waals surface area contributed by atoms with Crippen molar-refractivity contribution in [2.45, 2.75) is 0 Å². The van der Waals surface area contributed by atoms with Gasteiger partial charge in [-0.15, -0.1) is 0 Å². The van der Waals surface area contributed by atoms with Crippen LogP contribution in [-0.2, 0) is 14.3 Å². The lowest BCUT2D eigenvalue weighted by Gasteiger charge is -1.93. The molecule has 0 aromatic heterocycles. The monoisotopic (exact) mass is 215 g/mol. The number of ketones is 1. The minimum absolute atomic E-state index is 0.538. The molecule has 0 saturated heterocycles. The molecule has 0 aliphatic heterocycles. The van der Waals surface area contributed by atoms with Gasteiger partial charge >= 0.3 is 5.97 Å². The normalized spacial score (nSPS) is 9.75. The highest BCUT2D eigenvalue weighted by Crippen LogP contribution is 2.05. The lowest BCUT2D eigenvalue weighted by atomic mass is 10.1. The summed E-state index contributed by atoms with van der Waals surface area (Å²) in [7, 11) is 1.15. The lowest BCUT2D eigenvalue weighted by Crippen LogP contribution is -2.11. The van der Waals surface area contributed by atoms with E-state index in [1.54, 1.807) is 24.3 Å². The van der Waals surface area contributed by atoms with Gasteiger partial charge in [0.1, 0.15) is 0 Å². The molecular formula is C12H9NO3. The average molecular weight is 215 g/mol. The van der Waals surface area contributed by atoms with Gasteiger partial charge in [0.25, 0.3) is 5.78 Å². The summed E-state index contributed by atoms with van der Waals surface area (Å²) in [5, 5.41) is 8.57. The number of benzene rings is 1. The van der Waals surface area contributed by atoms with Gasteiger partial charge in [-0.3, -0.25) is 4.79 Å². The fraction of sp³-hybridized carbons (Fsp3) is 0.0833. The Morgan fingerprint density at radius 2 is 1.94 bits per heavy atom. The van der Waals surface area contributed by atoms with Gasteiger partial charge in [0.2, 0.25) is 0 Å². The summed E-state index contributed by atoms with van der Waals surface area (Å²) >= 11 is 0. The second-order valence-corrected chi connectivity index (χ2v) is 2.92. The highest BCUT2D eigenvalue weighted by Gasteiger charge is 2.08. The van der Waals surface area contributed by atoms with Gasteiger partial charge < -0.3 is 4.74 Å². The zero-order valence-corrected chi connectivity index (χ0v) is 8.64. The van der Waals surface area contributed by atoms with Gasteiger partial charge in [-0.25, -0.2) is 4.79 Å². The van der Waals surface area contributed by atoms with E-state index < -0.39 is 11.8 Å². The molecule has 0 bridgehead atoms. The summed E-state index contributed by atoms with van der Waals surface area (Å²) in [6.07, 6.45) is 2.62. The van der Waals surface area contributed by atoms with Crippen LogP contribution in [0.4, 0.5) is 0 Å². The van der Waals surface area contributed by atoms with Gasteiger partial charge in [0, 0.05) is 0 Å². The van der Waals surface area contributed by atoms with Gasteiger partial charge in [-0.2, -0.15) is 5.26 Å². The van der Waals surface area contributed by atoms with Crippen LogP contribution in [0.25, 0.3) is 6.08 Å². The summed E-state index contributed by atoms with van der Waals surface area (Å²) < 4.78 is 4.25. The van der Waals surface area contributed by atoms with E-state index in [0.29, 0.717) is 5.56 Å². The van der Waals surface area contributed by atoms with Crippen LogP contribution in [-0.4, -0.2) is 18.9 Å². The van der Waals surface area contributed by atoms with E-state index >= 15 is 0 Å². The van der Waals surface area contributed by atoms with Crippen molar-refractivity contribution in [3.05, 3.63) is 41.5 Å². The maximum Gasteiger partial charge on any atom is 0.378 e. The van der Waals surface area contributed by atoms with Gasteiger partial charge in [-0.05, 0) is 23.8 Å². The number of methoxy groups -OCH3 is 1. The van der Waals surface area contributed by atoms with Crippen molar-refractivity contribution in [1.82, 2.24) is 0 Å². The van der Waals surface area contributed by atoms with Crippen molar-refractivity contribution < 1.29 is 14.3 Å². The van der Waals surface area contributed by atoms with Crippen LogP contribution < -0.4 is 0 Å². The third-order valence-corrected chi connectivity index (χ3v) is 1.85. The summed E-state index contributed by atoms with van der Waals surface area (Å²) in [5.41, 5.74) is 1.27. The smallest absolute Gasteiger partial charge is 0.378 e. The molecule has 0 N–H and O–H groups in total. The highest BCUT2D eigenvalue weighted by molar-refractivity contribution is 6.39. The molecule has 0 radical (unpaired) electrons. The molecule has 0 aliphatic carbocycles. The summed E-state index contributed by atoms with van der Waals surface area (Å²) in [4.78, 5) is 21.8. The van der Waals surface area contributed by atoms with Crippen molar-refractivity contribution in [1.29, 1.82) is 5.26 Å². The molecule has 0 amide bonds. The van der Waals surface area contributed by atoms with Crippen molar-refractivity contribution >= 4 is 17.8 Å². The van der Waals surface area contributed by atoms with Gasteiger partial charge in [-0.1, -0.05) is 18.2 Å². The minimum atomic E-state index is -0.898. The van der Waals surface area contributed by atoms with Crippen molar-refractivity contribution in [2.24, 2.45) is 0 Å². The van der Waals surface area contributed by atoms with E-state index in [-0.39, 0.29) is 0 Å². The number of nitrogens with zero attached hydrogens (tertiary/aromatic N) is 1. The third-order valence-electron chi connectivity index (χ3n) is 1.85. The van der Waals surface area contributed by atoms with E-state index in [2.05, 4.69) is 4.74 Å². The number of hydrogen-bond donors (Lipinski definition) is 0. The highest BCUT2D eigenvalue weighted by atomic mass is 16.5. The Morgan fingerprint density at radius 3 is 2.44 bits per heavy atom. The van der Waals surface area contributed by atoms with Gasteiger partial charge in [0.05, 0.1) is 18.7 Å². The minimum Gasteiger partial charge on any atom is -0.463 e. The number of hydrogen-bond acceptors (Lipinski definition) is 4. The lowest BCUT2D eigenvalue weighted by molar-refractivity contribution is -0.149. The topological polar surface area (TPSA) is 67.2 Å². The predicted octanol–water partition coefficient (Wildman–Crippen LogP) is 1.31. The quantitative estimate of drug-likeness (QED) is 0.433. The molecule has 1 aromatic rings. The molecule has 0 aliphatic rings. The molecule has 0 saturated carbocycles. The van der Waals surface area contributed by atoms with Crippen LogP contribution in [0, 0.1) is 11.3 Å². The first-order chi connectivity index (χ1) is 7.67. The molecule has 0 fully saturated rings. The van der Waals surface area contributed by atoms with E-state index in [1.165, 1.54) is 6.08 Å². The summed E-state index contributed by atoms with van der Waals surface area (Å²) in [6.45, 7) is 0. The Labute approximate surface area is 92.8 Å². The number of nitriles is 1. The average Bonchev–Trinajstić information content (AvgIpc) is 2.35. The van der Waals surface area contributed by atoms with Crippen molar-refractivity contribution in [3.8, 4) is 6.07 Å². The number of rotatable bonds is 3. The Bertz CT molecular complexity index is 466. The second-order valence-electron chi connectivity index (χ2n) is 2.92. The molecule has 0 spiro atoms. The predicted molar refractivity (Wildman–Crippen MR) is 57.2 cm³/mol. The largest absolute Gasteiger partial charge is 0.463 e. The maximum atomic E-state index is 11.1.